The molecule has 12 heteroatoms. The molecule has 41 heavy (non-hydrogen) atoms. The van der Waals surface area contributed by atoms with Gasteiger partial charge in [-0.05, 0) is 30.4 Å². The number of methoxy groups -OCH3 is 1. The Morgan fingerprint density at radius 2 is 1.20 bits per heavy atom. The van der Waals surface area contributed by atoms with Gasteiger partial charge < -0.3 is 34.3 Å². The summed E-state index contributed by atoms with van der Waals surface area (Å²) in [7, 11) is 1.19. The number of unbranched alkanes of at least 4 members (excludes halogenated alkanes) is 1. The molecule has 2 aromatic rings. The van der Waals surface area contributed by atoms with Crippen LogP contribution in [0.1, 0.15) is 30.4 Å². The predicted molar refractivity (Wildman–Crippen MR) is 145 cm³/mol. The second-order valence-corrected chi connectivity index (χ2v) is 8.77. The number of benzene rings is 2. The molecule has 0 unspecified atom stereocenters. The van der Waals surface area contributed by atoms with Crippen LogP contribution in [-0.2, 0) is 60.9 Å². The van der Waals surface area contributed by atoms with Crippen LogP contribution in [0, 0.1) is 0 Å². The van der Waals surface area contributed by atoms with E-state index in [-0.39, 0.29) is 39.4 Å². The molecule has 0 bridgehead atoms. The molecule has 2 N–H and O–H groups in total. The van der Waals surface area contributed by atoms with E-state index in [9.17, 15) is 24.0 Å². The summed E-state index contributed by atoms with van der Waals surface area (Å²) in [4.78, 5) is 59.6. The van der Waals surface area contributed by atoms with Gasteiger partial charge in [-0.2, -0.15) is 0 Å². The molecule has 0 aliphatic carbocycles. The molecule has 0 aliphatic rings. The Balaban J connectivity index is 1.55. The Morgan fingerprint density at radius 1 is 0.683 bits per heavy atom. The van der Waals surface area contributed by atoms with Gasteiger partial charge in [-0.1, -0.05) is 60.7 Å². The summed E-state index contributed by atoms with van der Waals surface area (Å²) in [6.45, 7) is -0.868. The van der Waals surface area contributed by atoms with Crippen molar-refractivity contribution in [2.24, 2.45) is 0 Å². The summed E-state index contributed by atoms with van der Waals surface area (Å²) in [5.41, 5.74) is 1.80. The normalized spacial score (nSPS) is 11.1. The third-order valence-electron chi connectivity index (χ3n) is 5.45. The molecule has 2 rings (SSSR count). The van der Waals surface area contributed by atoms with Gasteiger partial charge in [0.15, 0.2) is 13.2 Å². The molecule has 0 saturated heterocycles. The van der Waals surface area contributed by atoms with Crippen molar-refractivity contribution < 1.29 is 47.7 Å². The standard InChI is InChI=1S/C29H36N2O10/c1-37-29(36)24(31-26(33)19-41-28(35)21-39-17-23-12-6-3-7-13-23)14-8-9-15-30-25(32)18-40-27(34)20-38-16-22-10-4-2-5-11-22/h2-7,10-13,24H,8-9,14-21H2,1H3,(H,30,32)(H,31,33)/t24-/m1/s1. The van der Waals surface area contributed by atoms with Crippen molar-refractivity contribution in [1.29, 1.82) is 0 Å². The number of rotatable bonds is 19. The van der Waals surface area contributed by atoms with Crippen LogP contribution in [0.5, 0.6) is 0 Å². The van der Waals surface area contributed by atoms with E-state index >= 15 is 0 Å². The summed E-state index contributed by atoms with van der Waals surface area (Å²) in [6, 6.07) is 17.6. The summed E-state index contributed by atoms with van der Waals surface area (Å²) in [6.07, 6.45) is 1.17. The highest BCUT2D eigenvalue weighted by molar-refractivity contribution is 5.86. The number of nitrogens with one attached hydrogen (secondary N) is 2. The van der Waals surface area contributed by atoms with Crippen molar-refractivity contribution in [3.63, 3.8) is 0 Å². The highest BCUT2D eigenvalue weighted by atomic mass is 16.6. The first-order valence-corrected chi connectivity index (χ1v) is 13.1. The van der Waals surface area contributed by atoms with E-state index in [1.807, 2.05) is 60.7 Å². The SMILES string of the molecule is COC(=O)[C@@H](CCCCNC(=O)COC(=O)COCc1ccccc1)NC(=O)COC(=O)COCc1ccccc1. The fraction of sp³-hybridized carbons (Fsp3) is 0.414. The van der Waals surface area contributed by atoms with Crippen LogP contribution in [0.15, 0.2) is 60.7 Å². The first kappa shape index (κ1) is 32.9. The van der Waals surface area contributed by atoms with Crippen LogP contribution in [0.3, 0.4) is 0 Å². The van der Waals surface area contributed by atoms with Crippen molar-refractivity contribution in [3.8, 4) is 0 Å². The number of esters is 3. The second kappa shape index (κ2) is 19.7. The first-order valence-electron chi connectivity index (χ1n) is 13.1. The van der Waals surface area contributed by atoms with Crippen LogP contribution in [0.4, 0.5) is 0 Å². The van der Waals surface area contributed by atoms with Crippen molar-refractivity contribution >= 4 is 29.7 Å². The Labute approximate surface area is 238 Å². The largest absolute Gasteiger partial charge is 0.467 e. The van der Waals surface area contributed by atoms with E-state index in [0.717, 1.165) is 11.1 Å². The van der Waals surface area contributed by atoms with Crippen molar-refractivity contribution in [3.05, 3.63) is 71.8 Å². The maximum absolute atomic E-state index is 12.2. The van der Waals surface area contributed by atoms with Crippen LogP contribution in [0.25, 0.3) is 0 Å². The van der Waals surface area contributed by atoms with Gasteiger partial charge in [0, 0.05) is 6.54 Å². The van der Waals surface area contributed by atoms with Gasteiger partial charge in [0.25, 0.3) is 11.8 Å². The smallest absolute Gasteiger partial charge is 0.332 e. The molecule has 0 fully saturated rings. The van der Waals surface area contributed by atoms with Crippen LogP contribution < -0.4 is 10.6 Å². The molecule has 2 aromatic carbocycles. The summed E-state index contributed by atoms with van der Waals surface area (Å²) < 4.78 is 25.0. The molecule has 12 nitrogen and oxygen atoms in total. The quantitative estimate of drug-likeness (QED) is 0.144. The highest BCUT2D eigenvalue weighted by Gasteiger charge is 2.21. The molecular formula is C29H36N2O10. The van der Waals surface area contributed by atoms with E-state index < -0.39 is 49.0 Å². The van der Waals surface area contributed by atoms with Gasteiger partial charge in [0.1, 0.15) is 19.3 Å². The van der Waals surface area contributed by atoms with Crippen molar-refractivity contribution in [2.75, 3.05) is 40.1 Å². The number of amides is 2. The third kappa shape index (κ3) is 15.2. The van der Waals surface area contributed by atoms with Gasteiger partial charge >= 0.3 is 17.9 Å². The first-order chi connectivity index (χ1) is 19.9. The Morgan fingerprint density at radius 3 is 1.71 bits per heavy atom. The van der Waals surface area contributed by atoms with Crippen molar-refractivity contribution in [1.82, 2.24) is 10.6 Å². The lowest BCUT2D eigenvalue weighted by Gasteiger charge is -2.16. The molecule has 2 amide bonds. The average molecular weight is 573 g/mol. The number of hydrogen-bond acceptors (Lipinski definition) is 10. The maximum atomic E-state index is 12.2. The van der Waals surface area contributed by atoms with E-state index in [0.29, 0.717) is 12.8 Å². The summed E-state index contributed by atoms with van der Waals surface area (Å²) in [5, 5.41) is 5.08. The lowest BCUT2D eigenvalue weighted by atomic mass is 10.1. The zero-order chi connectivity index (χ0) is 29.7. The Kier molecular flexibility index (Phi) is 15.8. The van der Waals surface area contributed by atoms with E-state index in [4.69, 9.17) is 23.7 Å². The number of carbonyl (C=O) groups excluding carboxylic acids is 5. The minimum Gasteiger partial charge on any atom is -0.467 e. The fourth-order valence-corrected chi connectivity index (χ4v) is 3.41. The van der Waals surface area contributed by atoms with Gasteiger partial charge in [-0.3, -0.25) is 9.59 Å². The van der Waals surface area contributed by atoms with Crippen molar-refractivity contribution in [2.45, 2.75) is 38.5 Å². The lowest BCUT2D eigenvalue weighted by Crippen LogP contribution is -2.43. The van der Waals surface area contributed by atoms with Crippen LogP contribution in [0.2, 0.25) is 0 Å². The van der Waals surface area contributed by atoms with Gasteiger partial charge in [0.05, 0.1) is 20.3 Å². The minimum absolute atomic E-state index is 0.225. The molecule has 0 saturated carbocycles. The fourth-order valence-electron chi connectivity index (χ4n) is 3.41. The molecule has 0 aliphatic heterocycles. The summed E-state index contributed by atoms with van der Waals surface area (Å²) in [5.74, 6) is -3.17. The summed E-state index contributed by atoms with van der Waals surface area (Å²) >= 11 is 0. The van der Waals surface area contributed by atoms with E-state index in [2.05, 4.69) is 10.6 Å². The molecule has 1 atom stereocenters. The monoisotopic (exact) mass is 572 g/mol. The Hall–Kier alpha value is -4.29. The Bertz CT molecular complexity index is 1100. The topological polar surface area (TPSA) is 156 Å². The number of hydrogen-bond donors (Lipinski definition) is 2. The molecule has 0 heterocycles. The molecular weight excluding hydrogens is 536 g/mol. The van der Waals surface area contributed by atoms with Crippen LogP contribution >= 0.6 is 0 Å². The lowest BCUT2D eigenvalue weighted by molar-refractivity contribution is -0.154. The number of carbonyl (C=O) groups is 5. The molecule has 222 valence electrons. The average Bonchev–Trinajstić information content (AvgIpc) is 2.99. The maximum Gasteiger partial charge on any atom is 0.332 e. The number of ether oxygens (including phenoxy) is 5. The van der Waals surface area contributed by atoms with Crippen LogP contribution in [-0.4, -0.2) is 75.8 Å². The molecule has 0 spiro atoms. The van der Waals surface area contributed by atoms with E-state index in [1.165, 1.54) is 7.11 Å². The van der Waals surface area contributed by atoms with E-state index in [1.54, 1.807) is 0 Å². The molecule has 0 radical (unpaired) electrons. The third-order valence-corrected chi connectivity index (χ3v) is 5.45. The van der Waals surface area contributed by atoms with Gasteiger partial charge in [0.2, 0.25) is 0 Å². The predicted octanol–water partition coefficient (Wildman–Crippen LogP) is 1.45. The highest BCUT2D eigenvalue weighted by Crippen LogP contribution is 2.04. The minimum atomic E-state index is -0.951. The molecule has 0 aromatic heterocycles. The van der Waals surface area contributed by atoms with Gasteiger partial charge in [-0.15, -0.1) is 0 Å². The second-order valence-electron chi connectivity index (χ2n) is 8.77. The zero-order valence-corrected chi connectivity index (χ0v) is 23.0. The van der Waals surface area contributed by atoms with Gasteiger partial charge in [-0.25, -0.2) is 14.4 Å². The zero-order valence-electron chi connectivity index (χ0n) is 23.0.